The summed E-state index contributed by atoms with van der Waals surface area (Å²) < 4.78 is 16.1. The molecule has 1 atom stereocenters. The Labute approximate surface area is 240 Å². The van der Waals surface area contributed by atoms with Crippen LogP contribution in [0.5, 0.6) is 17.2 Å². The average molecular weight is 572 g/mol. The average Bonchev–Trinajstić information content (AvgIpc) is 3.36. The van der Waals surface area contributed by atoms with Gasteiger partial charge in [-0.25, -0.2) is 9.59 Å². The molecule has 0 unspecified atom stereocenters. The monoisotopic (exact) mass is 571 g/mol. The highest BCUT2D eigenvalue weighted by atomic mass is 35.5. The first-order valence-corrected chi connectivity index (χ1v) is 13.7. The molecule has 40 heavy (non-hydrogen) atoms. The molecule has 0 aromatic heterocycles. The summed E-state index contributed by atoms with van der Waals surface area (Å²) >= 11 is 6.04. The van der Waals surface area contributed by atoms with E-state index in [0.29, 0.717) is 47.7 Å². The van der Waals surface area contributed by atoms with Crippen LogP contribution in [0.1, 0.15) is 18.4 Å². The molecule has 2 fully saturated rings. The van der Waals surface area contributed by atoms with Crippen LogP contribution in [0, 0.1) is 5.92 Å². The number of likely N-dealkylation sites (tertiary alicyclic amines) is 2. The highest BCUT2D eigenvalue weighted by molar-refractivity contribution is 6.30. The number of amides is 4. The van der Waals surface area contributed by atoms with Gasteiger partial charge in [0.2, 0.25) is 5.75 Å². The van der Waals surface area contributed by atoms with Gasteiger partial charge in [-0.3, -0.25) is 4.90 Å². The maximum absolute atomic E-state index is 13.1. The first-order valence-electron chi connectivity index (χ1n) is 13.4. The third-order valence-electron chi connectivity index (χ3n) is 7.47. The van der Waals surface area contributed by atoms with Gasteiger partial charge < -0.3 is 29.3 Å². The lowest BCUT2D eigenvalue weighted by Gasteiger charge is -2.36. The number of nitrogens with one attached hydrogen (secondary N) is 1. The Morgan fingerprint density at radius 3 is 2.20 bits per heavy atom. The zero-order valence-electron chi connectivity index (χ0n) is 23.8. The number of anilines is 1. The lowest BCUT2D eigenvalue weighted by molar-refractivity contribution is 0.144. The molecule has 1 N–H and O–H groups in total. The second-order valence-electron chi connectivity index (χ2n) is 10.3. The summed E-state index contributed by atoms with van der Waals surface area (Å²) in [6, 6.07) is 10.6. The molecule has 2 aliphatic rings. The second kappa shape index (κ2) is 13.2. The molecule has 2 aromatic carbocycles. The van der Waals surface area contributed by atoms with Crippen LogP contribution in [0.15, 0.2) is 41.4 Å². The fraction of sp³-hybridized carbons (Fsp3) is 0.483. The standard InChI is InChI=1S/C29H38ClN5O5/c1-33(2)29(37)35-17-23(32-28(36)31-22-15-25(38-3)27(40-5)26(16-22)39-4)24(18-35)34-12-10-20(11-13-34)14-19-6-8-21(30)9-7-19/h6-9,15-16,20,24H,10-14,17-18H2,1-5H3,(H,31,36)/b32-23-/t24-/m1/s1. The molecule has 2 heterocycles. The molecule has 0 radical (unpaired) electrons. The Morgan fingerprint density at radius 1 is 1.02 bits per heavy atom. The van der Waals surface area contributed by atoms with E-state index in [0.717, 1.165) is 37.4 Å². The predicted octanol–water partition coefficient (Wildman–Crippen LogP) is 4.66. The Morgan fingerprint density at radius 2 is 1.65 bits per heavy atom. The Bertz CT molecular complexity index is 1200. The number of rotatable bonds is 7. The highest BCUT2D eigenvalue weighted by Crippen LogP contribution is 2.40. The normalized spacial score (nSPS) is 19.0. The van der Waals surface area contributed by atoms with E-state index < -0.39 is 6.03 Å². The van der Waals surface area contributed by atoms with E-state index in [1.54, 1.807) is 36.0 Å². The van der Waals surface area contributed by atoms with Crippen molar-refractivity contribution in [2.24, 2.45) is 10.9 Å². The SMILES string of the molecule is COc1cc(NC(=O)/N=C2/CN(C(=O)N(C)C)C[C@H]2N2CCC(Cc3ccc(Cl)cc3)CC2)cc(OC)c1OC. The van der Waals surface area contributed by atoms with Crippen LogP contribution in [0.3, 0.4) is 0 Å². The summed E-state index contributed by atoms with van der Waals surface area (Å²) in [4.78, 5) is 36.0. The van der Waals surface area contributed by atoms with Crippen LogP contribution < -0.4 is 19.5 Å². The third-order valence-corrected chi connectivity index (χ3v) is 7.72. The number of carbonyl (C=O) groups is 2. The lowest BCUT2D eigenvalue weighted by Crippen LogP contribution is -2.47. The predicted molar refractivity (Wildman–Crippen MR) is 156 cm³/mol. The Hall–Kier alpha value is -3.50. The molecule has 2 aliphatic heterocycles. The molecule has 0 spiro atoms. The van der Waals surface area contributed by atoms with Crippen molar-refractivity contribution in [1.82, 2.24) is 14.7 Å². The van der Waals surface area contributed by atoms with E-state index >= 15 is 0 Å². The van der Waals surface area contributed by atoms with Crippen LogP contribution in [-0.2, 0) is 6.42 Å². The zero-order chi connectivity index (χ0) is 28.8. The summed E-state index contributed by atoms with van der Waals surface area (Å²) in [5.41, 5.74) is 2.43. The number of benzene rings is 2. The van der Waals surface area contributed by atoms with Gasteiger partial charge >= 0.3 is 12.1 Å². The number of hydrogen-bond acceptors (Lipinski definition) is 6. The quantitative estimate of drug-likeness (QED) is 0.519. The second-order valence-corrected chi connectivity index (χ2v) is 10.8. The number of nitrogens with zero attached hydrogens (tertiary/aromatic N) is 4. The highest BCUT2D eigenvalue weighted by Gasteiger charge is 2.38. The van der Waals surface area contributed by atoms with Crippen LogP contribution in [-0.4, -0.2) is 100 Å². The smallest absolute Gasteiger partial charge is 0.345 e. The van der Waals surface area contributed by atoms with Gasteiger partial charge in [-0.1, -0.05) is 23.7 Å². The number of carbonyl (C=O) groups excluding carboxylic acids is 2. The van der Waals surface area contributed by atoms with E-state index in [1.165, 1.54) is 26.9 Å². The first-order chi connectivity index (χ1) is 19.2. The summed E-state index contributed by atoms with van der Waals surface area (Å²) in [6.45, 7) is 2.55. The summed E-state index contributed by atoms with van der Waals surface area (Å²) in [5.74, 6) is 1.85. The molecule has 0 bridgehead atoms. The van der Waals surface area contributed by atoms with Crippen LogP contribution in [0.25, 0.3) is 0 Å². The summed E-state index contributed by atoms with van der Waals surface area (Å²) in [5, 5.41) is 3.56. The topological polar surface area (TPSA) is 95.9 Å². The van der Waals surface area contributed by atoms with Crippen molar-refractivity contribution >= 4 is 35.1 Å². The van der Waals surface area contributed by atoms with Crippen molar-refractivity contribution in [3.05, 3.63) is 47.0 Å². The van der Waals surface area contributed by atoms with Gasteiger partial charge in [-0.05, 0) is 56.0 Å². The minimum Gasteiger partial charge on any atom is -0.493 e. The third kappa shape index (κ3) is 6.98. The van der Waals surface area contributed by atoms with Gasteiger partial charge in [0.25, 0.3) is 0 Å². The molecular formula is C29H38ClN5O5. The number of hydrogen-bond donors (Lipinski definition) is 1. The fourth-order valence-corrected chi connectivity index (χ4v) is 5.53. The number of aliphatic imine (C=N–C) groups is 1. The number of urea groups is 2. The molecule has 4 amide bonds. The van der Waals surface area contributed by atoms with E-state index in [1.807, 2.05) is 12.1 Å². The minimum absolute atomic E-state index is 0.0992. The van der Waals surface area contributed by atoms with Crippen molar-refractivity contribution in [2.45, 2.75) is 25.3 Å². The molecule has 216 valence electrons. The van der Waals surface area contributed by atoms with Crippen molar-refractivity contribution in [3.63, 3.8) is 0 Å². The molecule has 10 nitrogen and oxygen atoms in total. The maximum Gasteiger partial charge on any atom is 0.345 e. The van der Waals surface area contributed by atoms with Crippen molar-refractivity contribution in [2.75, 3.05) is 66.9 Å². The Kier molecular flexibility index (Phi) is 9.76. The lowest BCUT2D eigenvalue weighted by atomic mass is 9.89. The summed E-state index contributed by atoms with van der Waals surface area (Å²) in [7, 11) is 8.01. The largest absolute Gasteiger partial charge is 0.493 e. The molecule has 0 aliphatic carbocycles. The number of piperidine rings is 1. The molecule has 2 aromatic rings. The van der Waals surface area contributed by atoms with Gasteiger partial charge in [0.05, 0.1) is 45.3 Å². The van der Waals surface area contributed by atoms with Crippen LogP contribution >= 0.6 is 11.6 Å². The summed E-state index contributed by atoms with van der Waals surface area (Å²) in [6.07, 6.45) is 3.08. The van der Waals surface area contributed by atoms with E-state index in [-0.39, 0.29) is 12.1 Å². The number of methoxy groups -OCH3 is 3. The molecule has 2 saturated heterocycles. The molecular weight excluding hydrogens is 534 g/mol. The van der Waals surface area contributed by atoms with Crippen LogP contribution in [0.2, 0.25) is 5.02 Å². The fourth-order valence-electron chi connectivity index (χ4n) is 5.40. The molecule has 0 saturated carbocycles. The van der Waals surface area contributed by atoms with Gasteiger partial charge in [0.1, 0.15) is 0 Å². The van der Waals surface area contributed by atoms with Crippen LogP contribution in [0.4, 0.5) is 15.3 Å². The van der Waals surface area contributed by atoms with Gasteiger partial charge in [-0.15, -0.1) is 0 Å². The maximum atomic E-state index is 13.1. The van der Waals surface area contributed by atoms with Crippen molar-refractivity contribution < 1.29 is 23.8 Å². The minimum atomic E-state index is -0.522. The van der Waals surface area contributed by atoms with Crippen molar-refractivity contribution in [3.8, 4) is 17.2 Å². The Balaban J connectivity index is 1.48. The van der Waals surface area contributed by atoms with Gasteiger partial charge in [0, 0.05) is 37.8 Å². The van der Waals surface area contributed by atoms with E-state index in [2.05, 4.69) is 27.3 Å². The number of halogens is 1. The van der Waals surface area contributed by atoms with E-state index in [4.69, 9.17) is 25.8 Å². The molecule has 4 rings (SSSR count). The van der Waals surface area contributed by atoms with Gasteiger partial charge in [-0.2, -0.15) is 4.99 Å². The van der Waals surface area contributed by atoms with Gasteiger partial charge in [0.15, 0.2) is 11.5 Å². The number of ether oxygens (including phenoxy) is 3. The first kappa shape index (κ1) is 29.5. The molecule has 11 heteroatoms. The van der Waals surface area contributed by atoms with E-state index in [9.17, 15) is 9.59 Å². The van der Waals surface area contributed by atoms with Crippen molar-refractivity contribution in [1.29, 1.82) is 0 Å². The zero-order valence-corrected chi connectivity index (χ0v) is 24.5.